The number of ether oxygens (including phenoxy) is 3. The highest BCUT2D eigenvalue weighted by atomic mass is 16.7. The topological polar surface area (TPSA) is 60.0 Å². The Morgan fingerprint density at radius 2 is 1.86 bits per heavy atom. The molecule has 0 aromatic heterocycles. The molecule has 0 bridgehead atoms. The molecule has 0 radical (unpaired) electrons. The van der Waals surface area contributed by atoms with Gasteiger partial charge in [-0.05, 0) is 61.4 Å². The molecule has 6 heteroatoms. The number of hydrogen-bond donors (Lipinski definition) is 1. The molecule has 0 atom stereocenters. The van der Waals surface area contributed by atoms with Crippen LogP contribution in [0.1, 0.15) is 24.8 Å². The molecular weight excluding hydrogens is 356 g/mol. The third kappa shape index (κ3) is 4.32. The number of carbonyl (C=O) groups is 1. The van der Waals surface area contributed by atoms with E-state index < -0.39 is 0 Å². The molecule has 4 rings (SSSR count). The van der Waals surface area contributed by atoms with Crippen molar-refractivity contribution < 1.29 is 19.0 Å². The second-order valence-corrected chi connectivity index (χ2v) is 7.32. The maximum absolute atomic E-state index is 12.5. The summed E-state index contributed by atoms with van der Waals surface area (Å²) in [6.45, 7) is 1.82. The van der Waals surface area contributed by atoms with Gasteiger partial charge in [0.1, 0.15) is 5.75 Å². The molecule has 6 nitrogen and oxygen atoms in total. The number of anilines is 1. The highest BCUT2D eigenvalue weighted by molar-refractivity contribution is 5.89. The fourth-order valence-corrected chi connectivity index (χ4v) is 3.76. The van der Waals surface area contributed by atoms with E-state index in [0.717, 1.165) is 56.0 Å². The molecule has 2 aromatic carbocycles. The fourth-order valence-electron chi connectivity index (χ4n) is 3.76. The van der Waals surface area contributed by atoms with E-state index in [0.29, 0.717) is 11.7 Å². The number of fused-ring (bicyclic) bond motifs is 1. The molecule has 0 saturated carbocycles. The van der Waals surface area contributed by atoms with E-state index >= 15 is 0 Å². The highest BCUT2D eigenvalue weighted by Crippen LogP contribution is 2.34. The van der Waals surface area contributed by atoms with Gasteiger partial charge in [0.15, 0.2) is 11.5 Å². The summed E-state index contributed by atoms with van der Waals surface area (Å²) >= 11 is 0. The van der Waals surface area contributed by atoms with Crippen molar-refractivity contribution in [2.75, 3.05) is 32.3 Å². The number of amides is 2. The number of carbonyl (C=O) groups excluding carboxylic acids is 1. The van der Waals surface area contributed by atoms with Gasteiger partial charge in [0.05, 0.1) is 7.11 Å². The lowest BCUT2D eigenvalue weighted by atomic mass is 9.90. The first-order valence-electron chi connectivity index (χ1n) is 9.80. The third-order valence-corrected chi connectivity index (χ3v) is 5.53. The number of hydrogen-bond acceptors (Lipinski definition) is 4. The molecule has 1 saturated heterocycles. The first-order valence-corrected chi connectivity index (χ1v) is 9.80. The van der Waals surface area contributed by atoms with E-state index in [1.807, 2.05) is 35.2 Å². The Bertz CT molecular complexity index is 814. The van der Waals surface area contributed by atoms with E-state index in [1.165, 1.54) is 5.56 Å². The summed E-state index contributed by atoms with van der Waals surface area (Å²) in [6, 6.07) is 13.7. The van der Waals surface area contributed by atoms with Gasteiger partial charge in [0, 0.05) is 24.8 Å². The van der Waals surface area contributed by atoms with E-state index in [1.54, 1.807) is 7.11 Å². The normalized spacial score (nSPS) is 16.1. The summed E-state index contributed by atoms with van der Waals surface area (Å²) in [5.41, 5.74) is 2.07. The van der Waals surface area contributed by atoms with Crippen LogP contribution in [-0.4, -0.2) is 37.9 Å². The number of methoxy groups -OCH3 is 1. The summed E-state index contributed by atoms with van der Waals surface area (Å²) < 4.78 is 15.9. The molecule has 148 valence electrons. The number of nitrogens with zero attached hydrogens (tertiary/aromatic N) is 1. The number of likely N-dealkylation sites (tertiary alicyclic amines) is 1. The number of urea groups is 1. The van der Waals surface area contributed by atoms with Gasteiger partial charge in [-0.15, -0.1) is 0 Å². The monoisotopic (exact) mass is 382 g/mol. The minimum atomic E-state index is -0.0486. The zero-order valence-corrected chi connectivity index (χ0v) is 16.1. The highest BCUT2D eigenvalue weighted by Gasteiger charge is 2.23. The van der Waals surface area contributed by atoms with Crippen molar-refractivity contribution in [2.45, 2.75) is 25.7 Å². The summed E-state index contributed by atoms with van der Waals surface area (Å²) in [5.74, 6) is 2.95. The van der Waals surface area contributed by atoms with Gasteiger partial charge in [-0.3, -0.25) is 0 Å². The number of nitrogens with one attached hydrogen (secondary N) is 1. The Morgan fingerprint density at radius 3 is 2.61 bits per heavy atom. The molecule has 1 N–H and O–H groups in total. The van der Waals surface area contributed by atoms with Crippen LogP contribution in [0.2, 0.25) is 0 Å². The Labute approximate surface area is 165 Å². The molecule has 2 aliphatic heterocycles. The number of piperidine rings is 1. The molecule has 2 heterocycles. The lowest BCUT2D eigenvalue weighted by Crippen LogP contribution is -2.41. The first kappa shape index (κ1) is 18.5. The summed E-state index contributed by atoms with van der Waals surface area (Å²) in [6.07, 6.45) is 4.32. The van der Waals surface area contributed by atoms with Gasteiger partial charge >= 0.3 is 6.03 Å². The van der Waals surface area contributed by atoms with Crippen molar-refractivity contribution >= 4 is 11.7 Å². The molecule has 0 spiro atoms. The van der Waals surface area contributed by atoms with Gasteiger partial charge in [0.2, 0.25) is 6.79 Å². The fraction of sp³-hybridized carbons (Fsp3) is 0.409. The van der Waals surface area contributed by atoms with Crippen molar-refractivity contribution in [3.8, 4) is 17.2 Å². The second-order valence-electron chi connectivity index (χ2n) is 7.32. The summed E-state index contributed by atoms with van der Waals surface area (Å²) in [7, 11) is 1.69. The lowest BCUT2D eigenvalue weighted by Gasteiger charge is -2.32. The van der Waals surface area contributed by atoms with Crippen molar-refractivity contribution in [3.05, 3.63) is 48.0 Å². The largest absolute Gasteiger partial charge is 0.497 e. The van der Waals surface area contributed by atoms with Crippen LogP contribution in [0.3, 0.4) is 0 Å². The van der Waals surface area contributed by atoms with E-state index in [4.69, 9.17) is 14.2 Å². The van der Waals surface area contributed by atoms with Crippen LogP contribution in [0, 0.1) is 5.92 Å². The first-order chi connectivity index (χ1) is 13.7. The van der Waals surface area contributed by atoms with Gasteiger partial charge in [-0.25, -0.2) is 4.79 Å². The average molecular weight is 382 g/mol. The SMILES string of the molecule is COc1ccc(CCC2CCN(C(=O)Nc3ccc4c(c3)OCO4)CC2)cc1. The van der Waals surface area contributed by atoms with E-state index in [2.05, 4.69) is 17.4 Å². The van der Waals surface area contributed by atoms with Gasteiger partial charge in [-0.1, -0.05) is 12.1 Å². The number of aryl methyl sites for hydroxylation is 1. The van der Waals surface area contributed by atoms with Crippen molar-refractivity contribution in [2.24, 2.45) is 5.92 Å². The van der Waals surface area contributed by atoms with E-state index in [9.17, 15) is 4.79 Å². The maximum Gasteiger partial charge on any atom is 0.321 e. The number of benzene rings is 2. The quantitative estimate of drug-likeness (QED) is 0.838. The van der Waals surface area contributed by atoms with Crippen molar-refractivity contribution in [1.82, 2.24) is 4.90 Å². The van der Waals surface area contributed by atoms with Crippen LogP contribution < -0.4 is 19.5 Å². The van der Waals surface area contributed by atoms with Gasteiger partial charge < -0.3 is 24.4 Å². The van der Waals surface area contributed by atoms with Crippen LogP contribution in [0.4, 0.5) is 10.5 Å². The molecular formula is C22H26N2O4. The third-order valence-electron chi connectivity index (χ3n) is 5.53. The van der Waals surface area contributed by atoms with Crippen molar-refractivity contribution in [1.29, 1.82) is 0 Å². The second kappa shape index (κ2) is 8.42. The summed E-state index contributed by atoms with van der Waals surface area (Å²) in [5, 5.41) is 2.96. The van der Waals surface area contributed by atoms with Gasteiger partial charge in [0.25, 0.3) is 0 Å². The smallest absolute Gasteiger partial charge is 0.321 e. The van der Waals surface area contributed by atoms with Gasteiger partial charge in [-0.2, -0.15) is 0 Å². The van der Waals surface area contributed by atoms with E-state index in [-0.39, 0.29) is 12.8 Å². The molecule has 2 aliphatic rings. The zero-order chi connectivity index (χ0) is 19.3. The minimum absolute atomic E-state index is 0.0486. The number of rotatable bonds is 5. The van der Waals surface area contributed by atoms with Crippen LogP contribution >= 0.6 is 0 Å². The zero-order valence-electron chi connectivity index (χ0n) is 16.1. The Balaban J connectivity index is 1.22. The Morgan fingerprint density at radius 1 is 1.11 bits per heavy atom. The van der Waals surface area contributed by atoms with Crippen LogP contribution in [0.15, 0.2) is 42.5 Å². The standard InChI is InChI=1S/C22H26N2O4/c1-26-19-7-4-16(5-8-19)2-3-17-10-12-24(13-11-17)22(25)23-18-6-9-20-21(14-18)28-15-27-20/h4-9,14,17H,2-3,10-13,15H2,1H3,(H,23,25). The lowest BCUT2D eigenvalue weighted by molar-refractivity contribution is 0.174. The van der Waals surface area contributed by atoms with Crippen LogP contribution in [0.25, 0.3) is 0 Å². The molecule has 2 aromatic rings. The molecule has 2 amide bonds. The van der Waals surface area contributed by atoms with Crippen molar-refractivity contribution in [3.63, 3.8) is 0 Å². The molecule has 0 aliphatic carbocycles. The molecule has 0 unspecified atom stereocenters. The molecule has 1 fully saturated rings. The maximum atomic E-state index is 12.5. The molecule has 28 heavy (non-hydrogen) atoms. The minimum Gasteiger partial charge on any atom is -0.497 e. The Kier molecular flexibility index (Phi) is 5.55. The van der Waals surface area contributed by atoms with Crippen LogP contribution in [0.5, 0.6) is 17.2 Å². The van der Waals surface area contributed by atoms with Crippen LogP contribution in [-0.2, 0) is 6.42 Å². The average Bonchev–Trinajstić information content (AvgIpc) is 3.21. The summed E-state index contributed by atoms with van der Waals surface area (Å²) in [4.78, 5) is 14.4. The predicted molar refractivity (Wildman–Crippen MR) is 107 cm³/mol. The Hall–Kier alpha value is -2.89. The predicted octanol–water partition coefficient (Wildman–Crippen LogP) is 4.30.